The largest absolute Gasteiger partial charge is 0.497 e. The number of unbranched alkanes of at least 4 members (excludes halogenated alkanes) is 2. The summed E-state index contributed by atoms with van der Waals surface area (Å²) in [6.07, 6.45) is 3.11. The molecule has 0 aliphatic heterocycles. The van der Waals surface area contributed by atoms with Gasteiger partial charge in [-0.3, -0.25) is 0 Å². The van der Waals surface area contributed by atoms with E-state index in [0.717, 1.165) is 41.9 Å². The van der Waals surface area contributed by atoms with Gasteiger partial charge in [0.15, 0.2) is 0 Å². The smallest absolute Gasteiger partial charge is 0.118 e. The lowest BCUT2D eigenvalue weighted by atomic mass is 9.77. The van der Waals surface area contributed by atoms with Gasteiger partial charge in [-0.2, -0.15) is 0 Å². The van der Waals surface area contributed by atoms with E-state index in [1.807, 2.05) is 48.5 Å². The lowest BCUT2D eigenvalue weighted by molar-refractivity contribution is 0.0930. The van der Waals surface area contributed by atoms with Gasteiger partial charge >= 0.3 is 0 Å². The van der Waals surface area contributed by atoms with Gasteiger partial charge in [0.05, 0.1) is 25.9 Å². The molecule has 3 N–H and O–H groups in total. The zero-order chi connectivity index (χ0) is 18.3. The maximum atomic E-state index is 11.0. The van der Waals surface area contributed by atoms with E-state index < -0.39 is 11.6 Å². The van der Waals surface area contributed by atoms with Crippen molar-refractivity contribution in [1.82, 2.24) is 0 Å². The van der Waals surface area contributed by atoms with E-state index in [1.165, 1.54) is 0 Å². The summed E-state index contributed by atoms with van der Waals surface area (Å²) >= 11 is 0. The van der Waals surface area contributed by atoms with E-state index in [9.17, 15) is 5.11 Å². The minimum atomic E-state index is -0.980. The van der Waals surface area contributed by atoms with Crippen LogP contribution in [0.15, 0.2) is 48.5 Å². The molecule has 2 aromatic carbocycles. The first-order chi connectivity index (χ1) is 12.1. The fourth-order valence-electron chi connectivity index (χ4n) is 3.10. The molecule has 2 rings (SSSR count). The number of ether oxygens (including phenoxy) is 2. The molecule has 0 amide bonds. The molecule has 0 radical (unpaired) electrons. The van der Waals surface area contributed by atoms with Crippen LogP contribution < -0.4 is 15.2 Å². The van der Waals surface area contributed by atoms with Crippen molar-refractivity contribution in [3.63, 3.8) is 0 Å². The van der Waals surface area contributed by atoms with Crippen LogP contribution in [0, 0.1) is 0 Å². The standard InChI is InChI=1S/C21H29NO3/c1-4-5-6-7-20(23)21(22,16-8-12-18(24-2)13-9-16)17-10-14-19(25-3)15-11-17/h8-15,20,23H,4-7,22H2,1-3H3. The van der Waals surface area contributed by atoms with Crippen LogP contribution >= 0.6 is 0 Å². The quantitative estimate of drug-likeness (QED) is 0.679. The van der Waals surface area contributed by atoms with Gasteiger partial charge in [-0.25, -0.2) is 0 Å². The average molecular weight is 343 g/mol. The van der Waals surface area contributed by atoms with Gasteiger partial charge in [0.2, 0.25) is 0 Å². The molecule has 1 atom stereocenters. The van der Waals surface area contributed by atoms with Gasteiger partial charge in [0.1, 0.15) is 11.5 Å². The Labute approximate surface area is 150 Å². The number of aliphatic hydroxyl groups is 1. The molecule has 1 unspecified atom stereocenters. The highest BCUT2D eigenvalue weighted by atomic mass is 16.5. The van der Waals surface area contributed by atoms with Gasteiger partial charge in [-0.05, 0) is 41.8 Å². The first-order valence-electron chi connectivity index (χ1n) is 8.82. The van der Waals surface area contributed by atoms with Crippen LogP contribution in [0.3, 0.4) is 0 Å². The first-order valence-corrected chi connectivity index (χ1v) is 8.82. The summed E-state index contributed by atoms with van der Waals surface area (Å²) in [7, 11) is 3.27. The van der Waals surface area contributed by atoms with Crippen molar-refractivity contribution in [3.05, 3.63) is 59.7 Å². The Bertz CT molecular complexity index is 590. The van der Waals surface area contributed by atoms with E-state index in [4.69, 9.17) is 15.2 Å². The van der Waals surface area contributed by atoms with Crippen LogP contribution in [0.1, 0.15) is 43.7 Å². The molecule has 0 aliphatic rings. The van der Waals surface area contributed by atoms with Crippen molar-refractivity contribution in [2.75, 3.05) is 14.2 Å². The van der Waals surface area contributed by atoms with E-state index in [2.05, 4.69) is 6.92 Å². The Morgan fingerprint density at radius 1 is 0.880 bits per heavy atom. The van der Waals surface area contributed by atoms with Crippen molar-refractivity contribution in [1.29, 1.82) is 0 Å². The molecule has 0 saturated heterocycles. The predicted molar refractivity (Wildman–Crippen MR) is 101 cm³/mol. The van der Waals surface area contributed by atoms with Gasteiger partial charge < -0.3 is 20.3 Å². The van der Waals surface area contributed by atoms with E-state index >= 15 is 0 Å². The summed E-state index contributed by atoms with van der Waals surface area (Å²) in [5, 5.41) is 11.0. The minimum Gasteiger partial charge on any atom is -0.497 e. The van der Waals surface area contributed by atoms with E-state index in [-0.39, 0.29) is 0 Å². The SMILES string of the molecule is CCCCCC(O)C(N)(c1ccc(OC)cc1)c1ccc(OC)cc1. The van der Waals surface area contributed by atoms with Crippen molar-refractivity contribution in [3.8, 4) is 11.5 Å². The highest BCUT2D eigenvalue weighted by Crippen LogP contribution is 2.34. The molecule has 136 valence electrons. The maximum Gasteiger partial charge on any atom is 0.118 e. The lowest BCUT2D eigenvalue weighted by Gasteiger charge is -2.36. The second-order valence-electron chi connectivity index (χ2n) is 6.34. The van der Waals surface area contributed by atoms with Crippen LogP contribution in [-0.2, 0) is 5.54 Å². The number of methoxy groups -OCH3 is 2. The number of hydrogen-bond donors (Lipinski definition) is 2. The molecule has 0 aromatic heterocycles. The van der Waals surface area contributed by atoms with Gasteiger partial charge in [0, 0.05) is 0 Å². The van der Waals surface area contributed by atoms with Crippen molar-refractivity contribution < 1.29 is 14.6 Å². The minimum absolute atomic E-state index is 0.655. The summed E-state index contributed by atoms with van der Waals surface area (Å²) in [5.41, 5.74) is 7.56. The summed E-state index contributed by atoms with van der Waals surface area (Å²) in [6.45, 7) is 2.15. The average Bonchev–Trinajstić information content (AvgIpc) is 2.67. The van der Waals surface area contributed by atoms with Crippen LogP contribution in [0.2, 0.25) is 0 Å². The molecule has 0 aliphatic carbocycles. The fourth-order valence-corrected chi connectivity index (χ4v) is 3.10. The Morgan fingerprint density at radius 3 is 1.68 bits per heavy atom. The predicted octanol–water partition coefficient (Wildman–Crippen LogP) is 3.85. The molecule has 4 nitrogen and oxygen atoms in total. The monoisotopic (exact) mass is 343 g/mol. The molecular weight excluding hydrogens is 314 g/mol. The third-order valence-electron chi connectivity index (χ3n) is 4.74. The summed E-state index contributed by atoms with van der Waals surface area (Å²) in [6, 6.07) is 15.2. The zero-order valence-electron chi connectivity index (χ0n) is 15.4. The van der Waals surface area contributed by atoms with Crippen molar-refractivity contribution in [2.24, 2.45) is 5.73 Å². The Morgan fingerprint density at radius 2 is 1.32 bits per heavy atom. The number of aliphatic hydroxyl groups excluding tert-OH is 1. The number of rotatable bonds is 9. The molecule has 0 heterocycles. The summed E-state index contributed by atoms with van der Waals surface area (Å²) in [4.78, 5) is 0. The second-order valence-corrected chi connectivity index (χ2v) is 6.34. The van der Waals surface area contributed by atoms with Gasteiger partial charge in [0.25, 0.3) is 0 Å². The van der Waals surface area contributed by atoms with Crippen LogP contribution in [0.5, 0.6) is 11.5 Å². The number of hydrogen-bond acceptors (Lipinski definition) is 4. The highest BCUT2D eigenvalue weighted by molar-refractivity contribution is 5.43. The Kier molecular flexibility index (Phi) is 6.85. The van der Waals surface area contributed by atoms with Crippen molar-refractivity contribution >= 4 is 0 Å². The van der Waals surface area contributed by atoms with Gasteiger partial charge in [-0.1, -0.05) is 50.5 Å². The second kappa shape index (κ2) is 8.88. The molecular formula is C21H29NO3. The lowest BCUT2D eigenvalue weighted by Crippen LogP contribution is -2.49. The topological polar surface area (TPSA) is 64.7 Å². The molecule has 0 saturated carbocycles. The molecule has 0 bridgehead atoms. The Hall–Kier alpha value is -2.04. The molecule has 0 spiro atoms. The molecule has 4 heteroatoms. The zero-order valence-corrected chi connectivity index (χ0v) is 15.4. The fraction of sp³-hybridized carbons (Fsp3) is 0.429. The van der Waals surface area contributed by atoms with Crippen molar-refractivity contribution in [2.45, 2.75) is 44.2 Å². The molecule has 25 heavy (non-hydrogen) atoms. The molecule has 0 fully saturated rings. The highest BCUT2D eigenvalue weighted by Gasteiger charge is 2.37. The van der Waals surface area contributed by atoms with Crippen LogP contribution in [0.25, 0.3) is 0 Å². The summed E-state index contributed by atoms with van der Waals surface area (Å²) in [5.74, 6) is 1.53. The maximum absolute atomic E-state index is 11.0. The van der Waals surface area contributed by atoms with E-state index in [1.54, 1.807) is 14.2 Å². The molecule has 2 aromatic rings. The number of nitrogens with two attached hydrogens (primary N) is 1. The Balaban J connectivity index is 2.40. The third kappa shape index (κ3) is 4.33. The van der Waals surface area contributed by atoms with Crippen LogP contribution in [-0.4, -0.2) is 25.4 Å². The van der Waals surface area contributed by atoms with Gasteiger partial charge in [-0.15, -0.1) is 0 Å². The van der Waals surface area contributed by atoms with E-state index in [0.29, 0.717) is 6.42 Å². The number of benzene rings is 2. The first kappa shape index (κ1) is 19.3. The van der Waals surface area contributed by atoms with Crippen LogP contribution in [0.4, 0.5) is 0 Å². The third-order valence-corrected chi connectivity index (χ3v) is 4.74. The summed E-state index contributed by atoms with van der Waals surface area (Å²) < 4.78 is 10.5. The normalized spacial score (nSPS) is 12.7.